The smallest absolute Gasteiger partial charge is 0.462 e. The van der Waals surface area contributed by atoms with Gasteiger partial charge in [-0.25, -0.2) is 9.13 Å². The van der Waals surface area contributed by atoms with Crippen LogP contribution in [0.15, 0.2) is 146 Å². The predicted octanol–water partition coefficient (Wildman–Crippen LogP) is 24.2. The number of aliphatic hydroxyl groups is 1. The van der Waals surface area contributed by atoms with Crippen molar-refractivity contribution in [3.05, 3.63) is 146 Å². The van der Waals surface area contributed by atoms with Crippen LogP contribution >= 0.6 is 15.6 Å². The molecular formula is C87H146O17P2. The van der Waals surface area contributed by atoms with Crippen LogP contribution < -0.4 is 0 Å². The van der Waals surface area contributed by atoms with Crippen LogP contribution in [-0.2, 0) is 65.4 Å². The average molecular weight is 1530 g/mol. The van der Waals surface area contributed by atoms with Gasteiger partial charge < -0.3 is 33.8 Å². The summed E-state index contributed by atoms with van der Waals surface area (Å²) in [6.07, 6.45) is 89.6. The van der Waals surface area contributed by atoms with Gasteiger partial charge in [0, 0.05) is 25.7 Å². The molecule has 3 N–H and O–H groups in total. The Morgan fingerprint density at radius 1 is 0.274 bits per heavy atom. The fourth-order valence-corrected chi connectivity index (χ4v) is 12.1. The molecule has 0 amide bonds. The summed E-state index contributed by atoms with van der Waals surface area (Å²) in [7, 11) is -9.99. The number of ether oxygens (including phenoxy) is 4. The van der Waals surface area contributed by atoms with Gasteiger partial charge in [0.05, 0.1) is 26.4 Å². The molecule has 0 aromatic rings. The predicted molar refractivity (Wildman–Crippen MR) is 436 cm³/mol. The number of carbonyl (C=O) groups is 4. The second kappa shape index (κ2) is 78.1. The fraction of sp³-hybridized carbons (Fsp3) is 0.678. The van der Waals surface area contributed by atoms with Gasteiger partial charge in [0.1, 0.15) is 19.3 Å². The lowest BCUT2D eigenvalue weighted by atomic mass is 10.1. The molecule has 19 heteroatoms. The Morgan fingerprint density at radius 2 is 0.491 bits per heavy atom. The molecule has 106 heavy (non-hydrogen) atoms. The molecule has 0 radical (unpaired) electrons. The second-order valence-corrected chi connectivity index (χ2v) is 29.8. The van der Waals surface area contributed by atoms with Crippen LogP contribution in [0.3, 0.4) is 0 Å². The molecule has 5 unspecified atom stereocenters. The van der Waals surface area contributed by atoms with Crippen molar-refractivity contribution >= 4 is 39.5 Å². The molecule has 0 aromatic carbocycles. The highest BCUT2D eigenvalue weighted by atomic mass is 31.2. The molecule has 0 fully saturated rings. The third-order valence-corrected chi connectivity index (χ3v) is 18.7. The molecule has 0 saturated heterocycles. The molecule has 0 aliphatic rings. The average Bonchev–Trinajstić information content (AvgIpc) is 0.909. The van der Waals surface area contributed by atoms with Gasteiger partial charge in [-0.3, -0.25) is 37.3 Å². The highest BCUT2D eigenvalue weighted by molar-refractivity contribution is 7.47. The summed E-state index contributed by atoms with van der Waals surface area (Å²) in [4.78, 5) is 73.1. The van der Waals surface area contributed by atoms with Gasteiger partial charge >= 0.3 is 39.5 Å². The van der Waals surface area contributed by atoms with Crippen LogP contribution in [-0.4, -0.2) is 96.7 Å². The van der Waals surface area contributed by atoms with E-state index in [2.05, 4.69) is 174 Å². The summed E-state index contributed by atoms with van der Waals surface area (Å²) < 4.78 is 68.6. The molecule has 0 rings (SSSR count). The van der Waals surface area contributed by atoms with E-state index < -0.39 is 97.5 Å². The Balaban J connectivity index is 5.44. The van der Waals surface area contributed by atoms with Crippen LogP contribution in [0, 0.1) is 0 Å². The zero-order valence-electron chi connectivity index (χ0n) is 66.3. The summed E-state index contributed by atoms with van der Waals surface area (Å²) in [5, 5.41) is 10.7. The van der Waals surface area contributed by atoms with Crippen LogP contribution in [0.2, 0.25) is 0 Å². The van der Waals surface area contributed by atoms with Crippen molar-refractivity contribution in [2.24, 2.45) is 0 Å². The fourth-order valence-electron chi connectivity index (χ4n) is 10.6. The highest BCUT2D eigenvalue weighted by Gasteiger charge is 2.30. The number of hydrogen-bond donors (Lipinski definition) is 3. The molecule has 17 nitrogen and oxygen atoms in total. The number of carbonyl (C=O) groups excluding carboxylic acids is 4. The Morgan fingerprint density at radius 3 is 0.792 bits per heavy atom. The molecule has 606 valence electrons. The number of hydrogen-bond acceptors (Lipinski definition) is 15. The van der Waals surface area contributed by atoms with Crippen LogP contribution in [0.5, 0.6) is 0 Å². The molecule has 5 atom stereocenters. The van der Waals surface area contributed by atoms with Crippen LogP contribution in [0.1, 0.15) is 323 Å². The second-order valence-electron chi connectivity index (χ2n) is 26.9. The van der Waals surface area contributed by atoms with Crippen molar-refractivity contribution in [3.8, 4) is 0 Å². The van der Waals surface area contributed by atoms with E-state index >= 15 is 0 Å². The first-order valence-electron chi connectivity index (χ1n) is 41.1. The number of allylic oxidation sites excluding steroid dienone is 24. The standard InChI is InChI=1S/C87H146O17P2/c1-5-9-13-17-21-25-29-33-37-39-40-42-46-48-52-56-60-64-68-72-85(90)98-78-83(104-87(92)74-70-66-62-58-54-50-44-36-32-28-24-20-16-12-8-4)80-102-106(95,96)100-76-81(88)75-99-105(93,94)101-79-82(103-86(91)73-69-65-61-57-53-49-43-35-31-27-23-19-15-11-7-3)77-97-84(89)71-67-63-59-55-51-47-45-41-38-34-30-26-22-18-14-10-6-2/h9-10,13-14,21-22,24-26,28,33-38,40,42-45,47-48,52,81-83,88H,5-8,11-12,15-20,23,27,29-32,39,41,46,49-51,53-80H2,1-4H3,(H,93,94)(H,95,96)/b13-9-,14-10-,25-21-,26-22-,28-24-,37-33-,38-34-,42-40-,43-35-,44-36-,47-45-,52-48-. The third kappa shape index (κ3) is 77.1. The van der Waals surface area contributed by atoms with Crippen LogP contribution in [0.25, 0.3) is 0 Å². The highest BCUT2D eigenvalue weighted by Crippen LogP contribution is 2.45. The molecule has 0 bridgehead atoms. The number of unbranched alkanes of at least 4 members (excludes halogenated alkanes) is 26. The SMILES string of the molecule is CC/C=C\C/C=C\C/C=C\C/C=C\C/C=C\CCCCCC(=O)OCC(COP(=O)(O)OCC(O)COP(=O)(O)OCC(COC(=O)CCCCCC/C=C\C/C=C\C/C=C\C/C=C\CC)OC(=O)CCCCCCC/C=C\CCCCCCCC)OC(=O)CCCCCCC/C=C\C/C=C\CCCCC. The Bertz CT molecular complexity index is 2580. The number of esters is 4. The molecule has 0 saturated carbocycles. The van der Waals surface area contributed by atoms with E-state index in [1.165, 1.54) is 57.8 Å². The maximum Gasteiger partial charge on any atom is 0.472 e. The van der Waals surface area contributed by atoms with E-state index in [0.717, 1.165) is 186 Å². The maximum absolute atomic E-state index is 13.1. The molecular weight excluding hydrogens is 1380 g/mol. The number of aliphatic hydroxyl groups excluding tert-OH is 1. The lowest BCUT2D eigenvalue weighted by molar-refractivity contribution is -0.161. The normalized spacial score (nSPS) is 14.6. The Hall–Kier alpha value is -5.06. The maximum atomic E-state index is 13.1. The van der Waals surface area contributed by atoms with Gasteiger partial charge in [-0.05, 0) is 167 Å². The molecule has 0 aliphatic carbocycles. The molecule has 0 aliphatic heterocycles. The van der Waals surface area contributed by atoms with E-state index in [4.69, 9.17) is 37.0 Å². The van der Waals surface area contributed by atoms with Crippen LogP contribution in [0.4, 0.5) is 0 Å². The number of phosphoric ester groups is 2. The van der Waals surface area contributed by atoms with Gasteiger partial charge in [0.15, 0.2) is 12.2 Å². The largest absolute Gasteiger partial charge is 0.472 e. The van der Waals surface area contributed by atoms with Crippen molar-refractivity contribution < 1.29 is 80.2 Å². The van der Waals surface area contributed by atoms with Gasteiger partial charge in [-0.2, -0.15) is 0 Å². The third-order valence-electron chi connectivity index (χ3n) is 16.8. The quantitative estimate of drug-likeness (QED) is 0.0169. The summed E-state index contributed by atoms with van der Waals surface area (Å²) in [6, 6.07) is 0. The minimum absolute atomic E-state index is 0.0669. The molecule has 0 spiro atoms. The minimum atomic E-state index is -5.00. The number of rotatable bonds is 76. The first-order chi connectivity index (χ1) is 51.7. The summed E-state index contributed by atoms with van der Waals surface area (Å²) in [5.74, 6) is -2.26. The first-order valence-corrected chi connectivity index (χ1v) is 44.1. The van der Waals surface area contributed by atoms with Crippen molar-refractivity contribution in [1.29, 1.82) is 0 Å². The van der Waals surface area contributed by atoms with Gasteiger partial charge in [0.25, 0.3) is 0 Å². The Labute approximate surface area is 643 Å². The topological polar surface area (TPSA) is 237 Å². The monoisotopic (exact) mass is 1530 g/mol. The van der Waals surface area contributed by atoms with Gasteiger partial charge in [-0.15, -0.1) is 0 Å². The summed E-state index contributed by atoms with van der Waals surface area (Å²) in [5.41, 5.74) is 0. The zero-order valence-corrected chi connectivity index (χ0v) is 68.1. The number of phosphoric acid groups is 2. The van der Waals surface area contributed by atoms with Crippen molar-refractivity contribution in [1.82, 2.24) is 0 Å². The zero-order chi connectivity index (χ0) is 77.4. The van der Waals surface area contributed by atoms with E-state index in [1.807, 2.05) is 0 Å². The van der Waals surface area contributed by atoms with Gasteiger partial charge in [-0.1, -0.05) is 276 Å². The first kappa shape index (κ1) is 101. The lowest BCUT2D eigenvalue weighted by Crippen LogP contribution is -2.30. The summed E-state index contributed by atoms with van der Waals surface area (Å²) >= 11 is 0. The van der Waals surface area contributed by atoms with E-state index in [9.17, 15) is 43.2 Å². The molecule has 0 heterocycles. The van der Waals surface area contributed by atoms with Crippen molar-refractivity contribution in [2.75, 3.05) is 39.6 Å². The van der Waals surface area contributed by atoms with E-state index in [1.54, 1.807) is 0 Å². The van der Waals surface area contributed by atoms with Crippen molar-refractivity contribution in [2.45, 2.75) is 341 Å². The van der Waals surface area contributed by atoms with E-state index in [-0.39, 0.29) is 25.7 Å². The van der Waals surface area contributed by atoms with Gasteiger partial charge in [0.2, 0.25) is 0 Å². The van der Waals surface area contributed by atoms with E-state index in [0.29, 0.717) is 25.7 Å². The lowest BCUT2D eigenvalue weighted by Gasteiger charge is -2.21. The van der Waals surface area contributed by atoms with Crippen molar-refractivity contribution in [3.63, 3.8) is 0 Å². The minimum Gasteiger partial charge on any atom is -0.462 e. The molecule has 0 aromatic heterocycles. The Kier molecular flexibility index (Phi) is 74.3. The summed E-state index contributed by atoms with van der Waals surface area (Å²) in [6.45, 7) is 4.54.